The number of rotatable bonds is 8. The van der Waals surface area contributed by atoms with Crippen LogP contribution in [0.3, 0.4) is 0 Å². The van der Waals surface area contributed by atoms with Crippen molar-refractivity contribution in [2.45, 2.75) is 19.5 Å². The smallest absolute Gasteiger partial charge is 0.236 e. The SMILES string of the molecule is Cc1ccc([C@H](NCC(=O)N(C)Cc2ccc(N(C)C)cc2)c2cccs2)cc1. The molecule has 0 fully saturated rings. The van der Waals surface area contributed by atoms with Crippen LogP contribution in [0.1, 0.15) is 27.6 Å². The molecule has 0 saturated carbocycles. The molecule has 0 saturated heterocycles. The first-order valence-corrected chi connectivity index (χ1v) is 10.7. The summed E-state index contributed by atoms with van der Waals surface area (Å²) in [5.74, 6) is 0.0790. The number of aryl methyl sites for hydroxylation is 1. The number of likely N-dealkylation sites (N-methyl/N-ethyl adjacent to an activating group) is 1. The van der Waals surface area contributed by atoms with Gasteiger partial charge in [0, 0.05) is 38.3 Å². The molecule has 4 nitrogen and oxygen atoms in total. The van der Waals surface area contributed by atoms with Crippen molar-refractivity contribution in [3.63, 3.8) is 0 Å². The van der Waals surface area contributed by atoms with Gasteiger partial charge < -0.3 is 9.80 Å². The minimum atomic E-state index is 0.0207. The molecule has 1 atom stereocenters. The number of carbonyl (C=O) groups is 1. The van der Waals surface area contributed by atoms with Crippen molar-refractivity contribution < 1.29 is 4.79 Å². The Morgan fingerprint density at radius 2 is 1.69 bits per heavy atom. The lowest BCUT2D eigenvalue weighted by Gasteiger charge is -2.22. The van der Waals surface area contributed by atoms with Crippen molar-refractivity contribution in [1.29, 1.82) is 0 Å². The average Bonchev–Trinajstić information content (AvgIpc) is 3.24. The quantitative estimate of drug-likeness (QED) is 0.599. The normalized spacial score (nSPS) is 11.9. The van der Waals surface area contributed by atoms with Crippen LogP contribution < -0.4 is 10.2 Å². The minimum absolute atomic E-state index is 0.0207. The largest absolute Gasteiger partial charge is 0.378 e. The first-order valence-electron chi connectivity index (χ1n) is 9.77. The molecule has 1 heterocycles. The van der Waals surface area contributed by atoms with Crippen molar-refractivity contribution in [3.8, 4) is 0 Å². The van der Waals surface area contributed by atoms with Crippen molar-refractivity contribution in [1.82, 2.24) is 10.2 Å². The van der Waals surface area contributed by atoms with Crippen LogP contribution in [0.5, 0.6) is 0 Å². The van der Waals surface area contributed by atoms with Gasteiger partial charge in [-0.15, -0.1) is 11.3 Å². The summed E-state index contributed by atoms with van der Waals surface area (Å²) in [5, 5.41) is 5.53. The fourth-order valence-corrected chi connectivity index (χ4v) is 4.01. The predicted octanol–water partition coefficient (Wildman–Crippen LogP) is 4.46. The highest BCUT2D eigenvalue weighted by atomic mass is 32.1. The maximum absolute atomic E-state index is 12.7. The molecule has 5 heteroatoms. The Labute approximate surface area is 177 Å². The second-order valence-electron chi connectivity index (χ2n) is 7.55. The zero-order valence-electron chi connectivity index (χ0n) is 17.6. The maximum Gasteiger partial charge on any atom is 0.236 e. The molecule has 0 radical (unpaired) electrons. The van der Waals surface area contributed by atoms with Crippen molar-refractivity contribution in [2.75, 3.05) is 32.6 Å². The fourth-order valence-electron chi connectivity index (χ4n) is 3.18. The second-order valence-corrected chi connectivity index (χ2v) is 8.53. The van der Waals surface area contributed by atoms with Crippen LogP contribution >= 0.6 is 11.3 Å². The first kappa shape index (κ1) is 21.1. The molecule has 3 rings (SSSR count). The second kappa shape index (κ2) is 9.72. The Morgan fingerprint density at radius 3 is 2.28 bits per heavy atom. The summed E-state index contributed by atoms with van der Waals surface area (Å²) < 4.78 is 0. The summed E-state index contributed by atoms with van der Waals surface area (Å²) in [6.07, 6.45) is 0. The van der Waals surface area contributed by atoms with Crippen LogP contribution in [0.4, 0.5) is 5.69 Å². The highest BCUT2D eigenvalue weighted by Crippen LogP contribution is 2.26. The van der Waals surface area contributed by atoms with Gasteiger partial charge in [-0.2, -0.15) is 0 Å². The Morgan fingerprint density at radius 1 is 1.00 bits per heavy atom. The summed E-state index contributed by atoms with van der Waals surface area (Å²) in [6, 6.07) is 21.0. The Kier molecular flexibility index (Phi) is 7.07. The van der Waals surface area contributed by atoms with E-state index >= 15 is 0 Å². The summed E-state index contributed by atoms with van der Waals surface area (Å²) in [7, 11) is 5.90. The van der Waals surface area contributed by atoms with Crippen LogP contribution in [0.2, 0.25) is 0 Å². The highest BCUT2D eigenvalue weighted by Gasteiger charge is 2.17. The van der Waals surface area contributed by atoms with Crippen molar-refractivity contribution >= 4 is 22.9 Å². The van der Waals surface area contributed by atoms with Crippen LogP contribution in [-0.4, -0.2) is 38.5 Å². The van der Waals surface area contributed by atoms with Gasteiger partial charge in [0.05, 0.1) is 12.6 Å². The molecule has 1 aromatic heterocycles. The number of nitrogens with one attached hydrogen (secondary N) is 1. The van der Waals surface area contributed by atoms with E-state index in [0.717, 1.165) is 11.3 Å². The lowest BCUT2D eigenvalue weighted by Crippen LogP contribution is -2.37. The molecule has 0 spiro atoms. The van der Waals surface area contributed by atoms with E-state index in [4.69, 9.17) is 0 Å². The molecule has 0 aliphatic carbocycles. The van der Waals surface area contributed by atoms with Gasteiger partial charge in [-0.05, 0) is 41.6 Å². The molecular weight excluding hydrogens is 378 g/mol. The van der Waals surface area contributed by atoms with E-state index in [-0.39, 0.29) is 11.9 Å². The number of nitrogens with zero attached hydrogens (tertiary/aromatic N) is 2. The number of thiophene rings is 1. The number of carbonyl (C=O) groups excluding carboxylic acids is 1. The molecule has 1 amide bonds. The van der Waals surface area contributed by atoms with Gasteiger partial charge >= 0.3 is 0 Å². The van der Waals surface area contributed by atoms with E-state index in [0.29, 0.717) is 13.1 Å². The highest BCUT2D eigenvalue weighted by molar-refractivity contribution is 7.10. The van der Waals surface area contributed by atoms with E-state index in [2.05, 4.69) is 77.1 Å². The first-order chi connectivity index (χ1) is 13.9. The predicted molar refractivity (Wildman–Crippen MR) is 123 cm³/mol. The monoisotopic (exact) mass is 407 g/mol. The summed E-state index contributed by atoms with van der Waals surface area (Å²) in [6.45, 7) is 2.98. The van der Waals surface area contributed by atoms with Crippen molar-refractivity contribution in [2.24, 2.45) is 0 Å². The third-order valence-electron chi connectivity index (χ3n) is 4.99. The molecule has 0 unspecified atom stereocenters. The van der Waals surface area contributed by atoms with Gasteiger partial charge in [0.15, 0.2) is 0 Å². The Hall–Kier alpha value is -2.63. The van der Waals surface area contributed by atoms with Gasteiger partial charge in [0.2, 0.25) is 5.91 Å². The Bertz CT molecular complexity index is 902. The molecular formula is C24H29N3OS. The molecule has 3 aromatic rings. The molecule has 29 heavy (non-hydrogen) atoms. The third-order valence-corrected chi connectivity index (χ3v) is 5.93. The maximum atomic E-state index is 12.7. The van der Waals surface area contributed by atoms with Gasteiger partial charge in [-0.3, -0.25) is 10.1 Å². The van der Waals surface area contributed by atoms with Crippen LogP contribution in [0.15, 0.2) is 66.0 Å². The molecule has 1 N–H and O–H groups in total. The van der Waals surface area contributed by atoms with E-state index in [1.807, 2.05) is 27.2 Å². The number of hydrogen-bond acceptors (Lipinski definition) is 4. The number of hydrogen-bond donors (Lipinski definition) is 1. The molecule has 0 bridgehead atoms. The summed E-state index contributed by atoms with van der Waals surface area (Å²) in [5.41, 5.74) is 4.68. The van der Waals surface area contributed by atoms with E-state index in [1.165, 1.54) is 16.0 Å². The number of anilines is 1. The van der Waals surface area contributed by atoms with E-state index < -0.39 is 0 Å². The zero-order valence-corrected chi connectivity index (χ0v) is 18.4. The minimum Gasteiger partial charge on any atom is -0.378 e. The fraction of sp³-hybridized carbons (Fsp3) is 0.292. The summed E-state index contributed by atoms with van der Waals surface area (Å²) >= 11 is 1.70. The topological polar surface area (TPSA) is 35.6 Å². The lowest BCUT2D eigenvalue weighted by atomic mass is 10.0. The molecule has 0 aliphatic heterocycles. The standard InChI is InChI=1S/C24H29N3OS/c1-18-7-11-20(12-8-18)24(22-6-5-15-29-22)25-16-23(28)27(4)17-19-9-13-21(14-10-19)26(2)3/h5-15,24-25H,16-17H2,1-4H3/t24-/m0/s1. The van der Waals surface area contributed by atoms with E-state index in [9.17, 15) is 4.79 Å². The molecule has 2 aromatic carbocycles. The van der Waals surface area contributed by atoms with Crippen LogP contribution in [-0.2, 0) is 11.3 Å². The third kappa shape index (κ3) is 5.68. The van der Waals surface area contributed by atoms with Gasteiger partial charge in [0.1, 0.15) is 0 Å². The van der Waals surface area contributed by atoms with Gasteiger partial charge in [-0.25, -0.2) is 0 Å². The number of amides is 1. The lowest BCUT2D eigenvalue weighted by molar-refractivity contribution is -0.129. The zero-order chi connectivity index (χ0) is 20.8. The van der Waals surface area contributed by atoms with Gasteiger partial charge in [-0.1, -0.05) is 48.0 Å². The molecule has 152 valence electrons. The average molecular weight is 408 g/mol. The molecule has 0 aliphatic rings. The number of benzene rings is 2. The van der Waals surface area contributed by atoms with E-state index in [1.54, 1.807) is 16.2 Å². The van der Waals surface area contributed by atoms with Crippen LogP contribution in [0.25, 0.3) is 0 Å². The van der Waals surface area contributed by atoms with Crippen molar-refractivity contribution in [3.05, 3.63) is 87.6 Å². The summed E-state index contributed by atoms with van der Waals surface area (Å²) in [4.78, 5) is 17.8. The van der Waals surface area contributed by atoms with Gasteiger partial charge in [0.25, 0.3) is 0 Å². The Balaban J connectivity index is 1.62. The van der Waals surface area contributed by atoms with Crippen LogP contribution in [0, 0.1) is 6.92 Å².